The van der Waals surface area contributed by atoms with E-state index in [-0.39, 0.29) is 29.5 Å². The van der Waals surface area contributed by atoms with Crippen LogP contribution in [0.4, 0.5) is 0 Å². The van der Waals surface area contributed by atoms with Crippen LogP contribution in [0.15, 0.2) is 48.6 Å². The van der Waals surface area contributed by atoms with E-state index < -0.39 is 8.32 Å². The van der Waals surface area contributed by atoms with Crippen molar-refractivity contribution >= 4 is 14.1 Å². The molecule has 0 aromatic rings. The Bertz CT molecular complexity index is 593. The van der Waals surface area contributed by atoms with Crippen LogP contribution in [0.2, 0.25) is 18.1 Å². The minimum absolute atomic E-state index is 0.0836. The molecule has 4 heteroatoms. The third-order valence-electron chi connectivity index (χ3n) is 5.80. The molecule has 1 rings (SSSR count). The number of hydrogen-bond acceptors (Lipinski definition) is 3. The first-order valence-electron chi connectivity index (χ1n) is 10.6. The fraction of sp³-hybridized carbons (Fsp3) is 0.625. The van der Waals surface area contributed by atoms with Gasteiger partial charge < -0.3 is 9.53 Å². The van der Waals surface area contributed by atoms with Gasteiger partial charge in [0.1, 0.15) is 0 Å². The highest BCUT2D eigenvalue weighted by atomic mass is 28.4. The van der Waals surface area contributed by atoms with Crippen LogP contribution in [0.25, 0.3) is 0 Å². The monoisotopic (exact) mass is 404 g/mol. The molecule has 0 spiro atoms. The summed E-state index contributed by atoms with van der Waals surface area (Å²) in [5.41, 5.74) is 0.885. The fourth-order valence-electron chi connectivity index (χ4n) is 3.01. The molecule has 0 aromatic carbocycles. The van der Waals surface area contributed by atoms with Crippen molar-refractivity contribution in [3.8, 4) is 0 Å². The lowest BCUT2D eigenvalue weighted by atomic mass is 9.96. The third-order valence-corrected chi connectivity index (χ3v) is 10.3. The molecule has 0 bridgehead atoms. The van der Waals surface area contributed by atoms with E-state index in [1.54, 1.807) is 6.08 Å². The molecule has 0 unspecified atom stereocenters. The summed E-state index contributed by atoms with van der Waals surface area (Å²) in [5.74, 6) is 0.282. The van der Waals surface area contributed by atoms with Gasteiger partial charge in [0.05, 0.1) is 6.10 Å². The van der Waals surface area contributed by atoms with Crippen molar-refractivity contribution in [1.29, 1.82) is 0 Å². The summed E-state index contributed by atoms with van der Waals surface area (Å²) in [6.07, 6.45) is 17.4. The Morgan fingerprint density at radius 2 is 1.96 bits per heavy atom. The van der Waals surface area contributed by atoms with E-state index in [9.17, 15) is 4.79 Å². The van der Waals surface area contributed by atoms with Gasteiger partial charge in [-0.05, 0) is 62.7 Å². The second-order valence-electron chi connectivity index (χ2n) is 9.18. The largest absolute Gasteiger partial charge is 0.413 e. The molecule has 0 heterocycles. The molecule has 2 atom stereocenters. The molecule has 0 aromatic heterocycles. The van der Waals surface area contributed by atoms with E-state index in [0.29, 0.717) is 0 Å². The van der Waals surface area contributed by atoms with Crippen LogP contribution < -0.4 is 0 Å². The average Bonchev–Trinajstić information content (AvgIpc) is 2.94. The maximum absolute atomic E-state index is 12.2. The molecule has 0 saturated heterocycles. The Labute approximate surface area is 173 Å². The van der Waals surface area contributed by atoms with E-state index in [0.717, 1.165) is 44.1 Å². The first-order valence-corrected chi connectivity index (χ1v) is 13.5. The van der Waals surface area contributed by atoms with E-state index in [1.165, 1.54) is 0 Å². The zero-order valence-electron chi connectivity index (χ0n) is 18.5. The van der Waals surface area contributed by atoms with E-state index in [1.807, 2.05) is 12.2 Å². The van der Waals surface area contributed by atoms with Crippen molar-refractivity contribution in [2.45, 2.75) is 83.5 Å². The normalized spacial score (nSPS) is 20.4. The second-order valence-corrected chi connectivity index (χ2v) is 13.9. The molecule has 0 fully saturated rings. The number of allylic oxidation sites excluding steroid dienone is 5. The van der Waals surface area contributed by atoms with Crippen molar-refractivity contribution in [2.24, 2.45) is 5.92 Å². The maximum atomic E-state index is 12.2. The molecule has 158 valence electrons. The van der Waals surface area contributed by atoms with Crippen molar-refractivity contribution in [2.75, 3.05) is 6.61 Å². The Morgan fingerprint density at radius 3 is 2.57 bits per heavy atom. The average molecular weight is 405 g/mol. The van der Waals surface area contributed by atoms with E-state index in [4.69, 9.17) is 9.53 Å². The molecule has 1 aliphatic rings. The summed E-state index contributed by atoms with van der Waals surface area (Å²) in [7, 11) is -1.89. The SMILES string of the molecule is C=CC[C@H]1C=CC(=O)/C1=C/C[C@H](C/C=C\CCCCO)O[Si](C)(C)C(C)(C)C. The number of carbonyl (C=O) groups excluding carboxylic acids is 1. The standard InChI is InChI=1S/C24H40O3Si/c1-7-13-20-15-18-23(26)22(20)17-16-21(14-11-9-8-10-12-19-25)27-28(5,6)24(2,3)4/h7,9,11,15,17-18,20-21,25H,1,8,10,12-14,16,19H2,2-6H3/b11-9-,22-17+/t20-,21-/m0/s1. The quantitative estimate of drug-likeness (QED) is 0.184. The first kappa shape index (κ1) is 24.8. The van der Waals surface area contributed by atoms with Crippen LogP contribution in [0, 0.1) is 5.92 Å². The van der Waals surface area contributed by atoms with Gasteiger partial charge in [0.15, 0.2) is 14.1 Å². The van der Waals surface area contributed by atoms with E-state index in [2.05, 4.69) is 58.7 Å². The molecule has 0 amide bonds. The molecule has 0 saturated carbocycles. The summed E-state index contributed by atoms with van der Waals surface area (Å²) in [5, 5.41) is 9.04. The zero-order valence-corrected chi connectivity index (χ0v) is 19.5. The molecule has 1 N–H and O–H groups in total. The van der Waals surface area contributed by atoms with Gasteiger partial charge in [-0.1, -0.05) is 51.2 Å². The Hall–Kier alpha value is -1.23. The highest BCUT2D eigenvalue weighted by Gasteiger charge is 2.38. The van der Waals surface area contributed by atoms with Gasteiger partial charge in [0, 0.05) is 18.1 Å². The van der Waals surface area contributed by atoms with Crippen molar-refractivity contribution < 1.29 is 14.3 Å². The van der Waals surface area contributed by atoms with Crippen LogP contribution in [0.3, 0.4) is 0 Å². The van der Waals surface area contributed by atoms with Crippen molar-refractivity contribution in [3.05, 3.63) is 48.6 Å². The van der Waals surface area contributed by atoms with E-state index >= 15 is 0 Å². The lowest BCUT2D eigenvalue weighted by Gasteiger charge is -2.39. The maximum Gasteiger partial charge on any atom is 0.192 e. The summed E-state index contributed by atoms with van der Waals surface area (Å²) in [6.45, 7) is 15.4. The van der Waals surface area contributed by atoms with Crippen LogP contribution in [-0.2, 0) is 9.22 Å². The fourth-order valence-corrected chi connectivity index (χ4v) is 4.39. The number of carbonyl (C=O) groups is 1. The number of rotatable bonds is 12. The molecule has 3 nitrogen and oxygen atoms in total. The number of ketones is 1. The van der Waals surface area contributed by atoms with Gasteiger partial charge in [-0.25, -0.2) is 0 Å². The Balaban J connectivity index is 2.83. The van der Waals surface area contributed by atoms with Gasteiger partial charge in [0.2, 0.25) is 0 Å². The number of hydrogen-bond donors (Lipinski definition) is 1. The lowest BCUT2D eigenvalue weighted by Crippen LogP contribution is -2.43. The predicted molar refractivity (Wildman–Crippen MR) is 122 cm³/mol. The van der Waals surface area contributed by atoms with Gasteiger partial charge >= 0.3 is 0 Å². The highest BCUT2D eigenvalue weighted by molar-refractivity contribution is 6.74. The van der Waals surface area contributed by atoms with Crippen molar-refractivity contribution in [3.63, 3.8) is 0 Å². The summed E-state index contributed by atoms with van der Waals surface area (Å²) in [6, 6.07) is 0. The topological polar surface area (TPSA) is 46.5 Å². The molecule has 0 radical (unpaired) electrons. The summed E-state index contributed by atoms with van der Waals surface area (Å²) < 4.78 is 6.67. The lowest BCUT2D eigenvalue weighted by molar-refractivity contribution is -0.111. The highest BCUT2D eigenvalue weighted by Crippen LogP contribution is 2.38. The van der Waals surface area contributed by atoms with Crippen LogP contribution in [0.1, 0.15) is 59.3 Å². The first-order chi connectivity index (χ1) is 13.1. The van der Waals surface area contributed by atoms with Crippen LogP contribution in [0.5, 0.6) is 0 Å². The Morgan fingerprint density at radius 1 is 1.25 bits per heavy atom. The Kier molecular flexibility index (Phi) is 10.4. The van der Waals surface area contributed by atoms with Gasteiger partial charge in [0.25, 0.3) is 0 Å². The van der Waals surface area contributed by atoms with Crippen molar-refractivity contribution in [1.82, 2.24) is 0 Å². The second kappa shape index (κ2) is 11.7. The van der Waals surface area contributed by atoms with Gasteiger partial charge in [-0.15, -0.1) is 6.58 Å². The number of unbranched alkanes of at least 4 members (excludes halogenated alkanes) is 2. The van der Waals surface area contributed by atoms with Gasteiger partial charge in [-0.2, -0.15) is 0 Å². The summed E-state index contributed by atoms with van der Waals surface area (Å²) in [4.78, 5) is 12.2. The predicted octanol–water partition coefficient (Wildman–Crippen LogP) is 6.13. The minimum atomic E-state index is -1.89. The molecule has 28 heavy (non-hydrogen) atoms. The molecule has 1 aliphatic carbocycles. The minimum Gasteiger partial charge on any atom is -0.413 e. The number of aliphatic hydroxyl groups excluding tert-OH is 1. The zero-order chi connectivity index (χ0) is 21.2. The third kappa shape index (κ3) is 8.02. The molecule has 0 aliphatic heterocycles. The van der Waals surface area contributed by atoms with Crippen LogP contribution in [-0.4, -0.2) is 31.9 Å². The summed E-state index contributed by atoms with van der Waals surface area (Å²) >= 11 is 0. The molecular formula is C24H40O3Si. The van der Waals surface area contributed by atoms with Crippen LogP contribution >= 0.6 is 0 Å². The smallest absolute Gasteiger partial charge is 0.192 e. The molecular weight excluding hydrogens is 364 g/mol. The van der Waals surface area contributed by atoms with Gasteiger partial charge in [-0.3, -0.25) is 4.79 Å². The number of aliphatic hydroxyl groups is 1.